The molecule has 4 aromatic rings. The lowest BCUT2D eigenvalue weighted by molar-refractivity contribution is 0.0945. The Bertz CT molecular complexity index is 1010. The number of carbonyl (C=O) groups excluding carboxylic acids is 1. The maximum atomic E-state index is 12.3. The molecule has 0 aliphatic carbocycles. The van der Waals surface area contributed by atoms with Gasteiger partial charge in [0.15, 0.2) is 5.69 Å². The first-order valence-electron chi connectivity index (χ1n) is 8.04. The molecule has 4 rings (SSSR count). The van der Waals surface area contributed by atoms with Crippen molar-refractivity contribution in [1.82, 2.24) is 25.3 Å². The molecular formula is C19H15N5OS. The number of carbonyl (C=O) groups is 1. The molecule has 0 spiro atoms. The van der Waals surface area contributed by atoms with Gasteiger partial charge in [-0.25, -0.2) is 0 Å². The molecule has 0 aliphatic rings. The molecule has 0 unspecified atom stereocenters. The zero-order valence-electron chi connectivity index (χ0n) is 13.7. The SMILES string of the molecule is O=C(NCc1ccnc(-c2cccs2)c1)c1cnn(-c2ccccc2)n1. The maximum absolute atomic E-state index is 12.3. The second-order valence-electron chi connectivity index (χ2n) is 5.56. The number of hydrogen-bond acceptors (Lipinski definition) is 5. The van der Waals surface area contributed by atoms with Crippen molar-refractivity contribution < 1.29 is 4.79 Å². The van der Waals surface area contributed by atoms with E-state index in [0.717, 1.165) is 21.8 Å². The molecule has 0 saturated carbocycles. The summed E-state index contributed by atoms with van der Waals surface area (Å²) in [5, 5.41) is 13.3. The molecule has 1 N–H and O–H groups in total. The fraction of sp³-hybridized carbons (Fsp3) is 0.0526. The summed E-state index contributed by atoms with van der Waals surface area (Å²) in [5.74, 6) is -0.262. The summed E-state index contributed by atoms with van der Waals surface area (Å²) >= 11 is 1.64. The lowest BCUT2D eigenvalue weighted by Crippen LogP contribution is -2.23. The number of benzene rings is 1. The average Bonchev–Trinajstić information content (AvgIpc) is 3.39. The van der Waals surface area contributed by atoms with Crippen molar-refractivity contribution in [2.45, 2.75) is 6.54 Å². The zero-order valence-corrected chi connectivity index (χ0v) is 14.6. The van der Waals surface area contributed by atoms with E-state index < -0.39 is 0 Å². The van der Waals surface area contributed by atoms with E-state index in [1.165, 1.54) is 11.0 Å². The van der Waals surface area contributed by atoms with E-state index in [2.05, 4.69) is 20.5 Å². The molecule has 0 bridgehead atoms. The van der Waals surface area contributed by atoms with Gasteiger partial charge in [0.1, 0.15) is 0 Å². The number of nitrogens with zero attached hydrogens (tertiary/aromatic N) is 4. The van der Waals surface area contributed by atoms with Crippen molar-refractivity contribution >= 4 is 17.2 Å². The maximum Gasteiger partial charge on any atom is 0.273 e. The minimum Gasteiger partial charge on any atom is -0.347 e. The Balaban J connectivity index is 1.43. The lowest BCUT2D eigenvalue weighted by atomic mass is 10.2. The predicted octanol–water partition coefficient (Wildman–Crippen LogP) is 3.32. The third kappa shape index (κ3) is 3.52. The first kappa shape index (κ1) is 16.2. The van der Waals surface area contributed by atoms with E-state index in [9.17, 15) is 4.79 Å². The van der Waals surface area contributed by atoms with Crippen LogP contribution >= 0.6 is 11.3 Å². The van der Waals surface area contributed by atoms with Crippen LogP contribution in [0.4, 0.5) is 0 Å². The molecule has 26 heavy (non-hydrogen) atoms. The molecule has 0 fully saturated rings. The van der Waals surface area contributed by atoms with Crippen LogP contribution in [0.3, 0.4) is 0 Å². The number of pyridine rings is 1. The van der Waals surface area contributed by atoms with Crippen molar-refractivity contribution in [1.29, 1.82) is 0 Å². The first-order chi connectivity index (χ1) is 12.8. The Morgan fingerprint density at radius 1 is 1.12 bits per heavy atom. The summed E-state index contributed by atoms with van der Waals surface area (Å²) in [6.07, 6.45) is 3.22. The zero-order chi connectivity index (χ0) is 17.8. The van der Waals surface area contributed by atoms with E-state index in [1.54, 1.807) is 17.5 Å². The molecule has 3 aromatic heterocycles. The highest BCUT2D eigenvalue weighted by molar-refractivity contribution is 7.13. The van der Waals surface area contributed by atoms with Gasteiger partial charge in [-0.15, -0.1) is 16.4 Å². The van der Waals surface area contributed by atoms with Gasteiger partial charge in [-0.2, -0.15) is 9.90 Å². The van der Waals surface area contributed by atoms with Gasteiger partial charge in [0.05, 0.1) is 22.5 Å². The van der Waals surface area contributed by atoms with Crippen molar-refractivity contribution in [3.05, 3.63) is 83.6 Å². The van der Waals surface area contributed by atoms with Gasteiger partial charge in [0, 0.05) is 12.7 Å². The lowest BCUT2D eigenvalue weighted by Gasteiger charge is -2.05. The highest BCUT2D eigenvalue weighted by atomic mass is 32.1. The fourth-order valence-electron chi connectivity index (χ4n) is 2.47. The molecule has 0 aliphatic heterocycles. The van der Waals surface area contributed by atoms with Gasteiger partial charge < -0.3 is 5.32 Å². The summed E-state index contributed by atoms with van der Waals surface area (Å²) in [6, 6.07) is 17.4. The number of rotatable bonds is 5. The minimum absolute atomic E-state index is 0.262. The van der Waals surface area contributed by atoms with Crippen molar-refractivity contribution in [2.75, 3.05) is 0 Å². The van der Waals surface area contributed by atoms with Crippen LogP contribution in [0.1, 0.15) is 16.1 Å². The molecule has 7 heteroatoms. The second kappa shape index (κ2) is 7.28. The molecule has 3 heterocycles. The quantitative estimate of drug-likeness (QED) is 0.592. The van der Waals surface area contributed by atoms with E-state index in [-0.39, 0.29) is 11.6 Å². The molecule has 1 aromatic carbocycles. The fourth-order valence-corrected chi connectivity index (χ4v) is 3.16. The third-order valence-corrected chi connectivity index (χ3v) is 4.66. The predicted molar refractivity (Wildman–Crippen MR) is 100 cm³/mol. The standard InChI is InChI=1S/C19H15N5OS/c25-19(17-13-22-24(23-17)15-5-2-1-3-6-15)21-12-14-8-9-20-16(11-14)18-7-4-10-26-18/h1-11,13H,12H2,(H,21,25). The highest BCUT2D eigenvalue weighted by Gasteiger charge is 2.11. The van der Waals surface area contributed by atoms with Crippen molar-refractivity contribution in [3.63, 3.8) is 0 Å². The summed E-state index contributed by atoms with van der Waals surface area (Å²) in [7, 11) is 0. The largest absolute Gasteiger partial charge is 0.347 e. The number of nitrogens with one attached hydrogen (secondary N) is 1. The van der Waals surface area contributed by atoms with Gasteiger partial charge in [0.2, 0.25) is 0 Å². The van der Waals surface area contributed by atoms with Crippen LogP contribution in [0.2, 0.25) is 0 Å². The van der Waals surface area contributed by atoms with Crippen molar-refractivity contribution in [3.8, 4) is 16.3 Å². The Morgan fingerprint density at radius 3 is 2.81 bits per heavy atom. The Hall–Kier alpha value is -3.32. The molecule has 1 amide bonds. The van der Waals surface area contributed by atoms with Crippen LogP contribution in [0.25, 0.3) is 16.3 Å². The average molecular weight is 361 g/mol. The van der Waals surface area contributed by atoms with Gasteiger partial charge >= 0.3 is 0 Å². The monoisotopic (exact) mass is 361 g/mol. The Kier molecular flexibility index (Phi) is 4.53. The van der Waals surface area contributed by atoms with Crippen LogP contribution in [-0.4, -0.2) is 25.9 Å². The molecular weight excluding hydrogens is 346 g/mol. The van der Waals surface area contributed by atoms with Gasteiger partial charge in [-0.1, -0.05) is 24.3 Å². The normalized spacial score (nSPS) is 10.6. The number of thiophene rings is 1. The van der Waals surface area contributed by atoms with E-state index in [4.69, 9.17) is 0 Å². The molecule has 0 saturated heterocycles. The Labute approximate surface area is 154 Å². The van der Waals surface area contributed by atoms with Gasteiger partial charge in [-0.05, 0) is 41.3 Å². The van der Waals surface area contributed by atoms with Crippen LogP contribution in [0.5, 0.6) is 0 Å². The van der Waals surface area contributed by atoms with Crippen molar-refractivity contribution in [2.24, 2.45) is 0 Å². The van der Waals surface area contributed by atoms with Gasteiger partial charge in [0.25, 0.3) is 5.91 Å². The second-order valence-corrected chi connectivity index (χ2v) is 6.51. The number of hydrogen-bond donors (Lipinski definition) is 1. The minimum atomic E-state index is -0.262. The number of para-hydroxylation sites is 1. The van der Waals surface area contributed by atoms with E-state index in [0.29, 0.717) is 6.54 Å². The summed E-state index contributed by atoms with van der Waals surface area (Å²) in [4.78, 5) is 19.3. The number of amides is 1. The summed E-state index contributed by atoms with van der Waals surface area (Å²) in [6.45, 7) is 0.401. The summed E-state index contributed by atoms with van der Waals surface area (Å²) in [5.41, 5.74) is 2.97. The Morgan fingerprint density at radius 2 is 2.00 bits per heavy atom. The highest BCUT2D eigenvalue weighted by Crippen LogP contribution is 2.22. The topological polar surface area (TPSA) is 72.7 Å². The summed E-state index contributed by atoms with van der Waals surface area (Å²) < 4.78 is 0. The van der Waals surface area contributed by atoms with Crippen LogP contribution in [0.15, 0.2) is 72.4 Å². The van der Waals surface area contributed by atoms with E-state index >= 15 is 0 Å². The molecule has 0 radical (unpaired) electrons. The molecule has 0 atom stereocenters. The van der Waals surface area contributed by atoms with Crippen LogP contribution < -0.4 is 5.32 Å². The van der Waals surface area contributed by atoms with Crippen LogP contribution in [-0.2, 0) is 6.54 Å². The number of aromatic nitrogens is 4. The van der Waals surface area contributed by atoms with Crippen LogP contribution in [0, 0.1) is 0 Å². The smallest absolute Gasteiger partial charge is 0.273 e. The molecule has 6 nitrogen and oxygen atoms in total. The van der Waals surface area contributed by atoms with E-state index in [1.807, 2.05) is 60.0 Å². The molecule has 128 valence electrons. The van der Waals surface area contributed by atoms with Gasteiger partial charge in [-0.3, -0.25) is 9.78 Å². The third-order valence-electron chi connectivity index (χ3n) is 3.76. The first-order valence-corrected chi connectivity index (χ1v) is 8.92.